The van der Waals surface area contributed by atoms with E-state index < -0.39 is 23.4 Å². The van der Waals surface area contributed by atoms with Gasteiger partial charge >= 0.3 is 6.18 Å². The molecule has 0 aliphatic rings. The third-order valence-corrected chi connectivity index (χ3v) is 4.35. The van der Waals surface area contributed by atoms with Crippen molar-refractivity contribution in [3.05, 3.63) is 71.7 Å². The van der Waals surface area contributed by atoms with E-state index in [9.17, 15) is 17.6 Å². The fourth-order valence-corrected chi connectivity index (χ4v) is 2.80. The summed E-state index contributed by atoms with van der Waals surface area (Å²) in [5.74, 6) is -0.782. The molecule has 0 radical (unpaired) electrons. The molecule has 0 saturated carbocycles. The zero-order chi connectivity index (χ0) is 21.0. The van der Waals surface area contributed by atoms with E-state index in [0.29, 0.717) is 0 Å². The second kappa shape index (κ2) is 8.46. The monoisotopic (exact) mass is 404 g/mol. The second-order valence-electron chi connectivity index (χ2n) is 6.54. The molecule has 3 aromatic rings. The summed E-state index contributed by atoms with van der Waals surface area (Å²) in [6, 6.07) is 12.7. The van der Waals surface area contributed by atoms with Crippen LogP contribution in [-0.2, 0) is 12.6 Å². The maximum Gasteiger partial charge on any atom is 0.421 e. The van der Waals surface area contributed by atoms with Gasteiger partial charge in [0.05, 0.1) is 0 Å². The van der Waals surface area contributed by atoms with Crippen molar-refractivity contribution in [1.82, 2.24) is 9.97 Å². The third-order valence-electron chi connectivity index (χ3n) is 4.35. The smallest absolute Gasteiger partial charge is 0.340 e. The van der Waals surface area contributed by atoms with Gasteiger partial charge in [0.1, 0.15) is 17.2 Å². The summed E-state index contributed by atoms with van der Waals surface area (Å²) < 4.78 is 53.3. The maximum atomic E-state index is 13.4. The Kier molecular flexibility index (Phi) is 6.00. The van der Waals surface area contributed by atoms with Crippen molar-refractivity contribution in [2.45, 2.75) is 25.9 Å². The Labute approximate surface area is 166 Å². The summed E-state index contributed by atoms with van der Waals surface area (Å²) >= 11 is 0. The van der Waals surface area contributed by atoms with Crippen LogP contribution in [-0.4, -0.2) is 17.0 Å². The molecule has 2 aromatic carbocycles. The van der Waals surface area contributed by atoms with Gasteiger partial charge in [-0.05, 0) is 48.4 Å². The number of rotatable bonds is 6. The molecule has 0 amide bonds. The van der Waals surface area contributed by atoms with E-state index in [1.54, 1.807) is 11.9 Å². The predicted molar refractivity (Wildman–Crippen MR) is 105 cm³/mol. The number of hydrogen-bond donors (Lipinski definition) is 1. The van der Waals surface area contributed by atoms with Gasteiger partial charge < -0.3 is 10.2 Å². The molecule has 0 saturated heterocycles. The molecule has 0 unspecified atom stereocenters. The standard InChI is InChI=1S/C21H20F4N4/c1-3-4-14-5-11-17(12-6-14)29(2)20-26-13-18(21(23,24)25)19(28-20)27-16-9-7-15(22)8-10-16/h5-13H,3-4H2,1-2H3,(H,26,27,28). The van der Waals surface area contributed by atoms with Crippen LogP contribution in [0.25, 0.3) is 0 Å². The Balaban J connectivity index is 1.94. The van der Waals surface area contributed by atoms with E-state index in [4.69, 9.17) is 0 Å². The van der Waals surface area contributed by atoms with Crippen molar-refractivity contribution in [3.63, 3.8) is 0 Å². The van der Waals surface area contributed by atoms with Gasteiger partial charge in [0.25, 0.3) is 0 Å². The van der Waals surface area contributed by atoms with E-state index in [-0.39, 0.29) is 11.6 Å². The summed E-state index contributed by atoms with van der Waals surface area (Å²) in [5, 5.41) is 2.61. The summed E-state index contributed by atoms with van der Waals surface area (Å²) in [6.45, 7) is 2.09. The lowest BCUT2D eigenvalue weighted by molar-refractivity contribution is -0.137. The molecule has 29 heavy (non-hydrogen) atoms. The van der Waals surface area contributed by atoms with E-state index in [0.717, 1.165) is 36.9 Å². The number of benzene rings is 2. The Bertz CT molecular complexity index is 954. The summed E-state index contributed by atoms with van der Waals surface area (Å²) in [4.78, 5) is 9.58. The number of aryl methyl sites for hydroxylation is 1. The fourth-order valence-electron chi connectivity index (χ4n) is 2.80. The van der Waals surface area contributed by atoms with E-state index >= 15 is 0 Å². The average molecular weight is 404 g/mol. The first kappa shape index (κ1) is 20.6. The SMILES string of the molecule is CCCc1ccc(N(C)c2ncc(C(F)(F)F)c(Nc3ccc(F)cc3)n2)cc1. The predicted octanol–water partition coefficient (Wildman–Crippen LogP) is 6.10. The highest BCUT2D eigenvalue weighted by Gasteiger charge is 2.35. The molecule has 0 bridgehead atoms. The van der Waals surface area contributed by atoms with Crippen molar-refractivity contribution in [3.8, 4) is 0 Å². The van der Waals surface area contributed by atoms with E-state index in [1.165, 1.54) is 17.7 Å². The van der Waals surface area contributed by atoms with Gasteiger partial charge in [-0.2, -0.15) is 18.2 Å². The van der Waals surface area contributed by atoms with Crippen LogP contribution >= 0.6 is 0 Å². The summed E-state index contributed by atoms with van der Waals surface area (Å²) in [5.41, 5.74) is 1.21. The molecule has 4 nitrogen and oxygen atoms in total. The minimum absolute atomic E-state index is 0.103. The number of nitrogens with zero attached hydrogens (tertiary/aromatic N) is 3. The lowest BCUT2D eigenvalue weighted by atomic mass is 10.1. The Morgan fingerprint density at radius 1 is 1.00 bits per heavy atom. The zero-order valence-electron chi connectivity index (χ0n) is 16.0. The molecule has 1 heterocycles. The molecule has 152 valence electrons. The number of nitrogens with one attached hydrogen (secondary N) is 1. The third kappa shape index (κ3) is 5.01. The second-order valence-corrected chi connectivity index (χ2v) is 6.54. The molecule has 3 rings (SSSR count). The lowest BCUT2D eigenvalue weighted by Gasteiger charge is -2.20. The molecule has 0 spiro atoms. The van der Waals surface area contributed by atoms with Crippen molar-refractivity contribution >= 4 is 23.1 Å². The number of aromatic nitrogens is 2. The van der Waals surface area contributed by atoms with Gasteiger partial charge in [0.15, 0.2) is 0 Å². The molecule has 0 aliphatic carbocycles. The highest BCUT2D eigenvalue weighted by Crippen LogP contribution is 2.36. The van der Waals surface area contributed by atoms with Gasteiger partial charge in [-0.3, -0.25) is 0 Å². The van der Waals surface area contributed by atoms with E-state index in [2.05, 4.69) is 22.2 Å². The molecule has 8 heteroatoms. The van der Waals surface area contributed by atoms with Crippen LogP contribution in [0.3, 0.4) is 0 Å². The Morgan fingerprint density at radius 3 is 2.24 bits per heavy atom. The van der Waals surface area contributed by atoms with Gasteiger partial charge in [0.2, 0.25) is 5.95 Å². The van der Waals surface area contributed by atoms with Gasteiger partial charge in [-0.15, -0.1) is 0 Å². The Morgan fingerprint density at radius 2 is 1.66 bits per heavy atom. The first-order chi connectivity index (χ1) is 13.8. The van der Waals surface area contributed by atoms with Crippen LogP contribution in [0.5, 0.6) is 0 Å². The van der Waals surface area contributed by atoms with Crippen molar-refractivity contribution in [1.29, 1.82) is 0 Å². The molecule has 1 aromatic heterocycles. The van der Waals surface area contributed by atoms with Crippen molar-refractivity contribution < 1.29 is 17.6 Å². The zero-order valence-corrected chi connectivity index (χ0v) is 16.0. The highest BCUT2D eigenvalue weighted by atomic mass is 19.4. The van der Waals surface area contributed by atoms with Crippen molar-refractivity contribution in [2.75, 3.05) is 17.3 Å². The quantitative estimate of drug-likeness (QED) is 0.504. The minimum atomic E-state index is -4.64. The van der Waals surface area contributed by atoms with Crippen molar-refractivity contribution in [2.24, 2.45) is 0 Å². The van der Waals surface area contributed by atoms with Crippen LogP contribution < -0.4 is 10.2 Å². The van der Waals surface area contributed by atoms with Crippen LogP contribution in [0, 0.1) is 5.82 Å². The topological polar surface area (TPSA) is 41.1 Å². The first-order valence-electron chi connectivity index (χ1n) is 9.07. The van der Waals surface area contributed by atoms with E-state index in [1.807, 2.05) is 24.3 Å². The summed E-state index contributed by atoms with van der Waals surface area (Å²) in [6.07, 6.45) is -1.92. The summed E-state index contributed by atoms with van der Waals surface area (Å²) in [7, 11) is 1.68. The van der Waals surface area contributed by atoms with Crippen LogP contribution in [0.1, 0.15) is 24.5 Å². The largest absolute Gasteiger partial charge is 0.421 e. The molecule has 0 fully saturated rings. The molecular weight excluding hydrogens is 384 g/mol. The average Bonchev–Trinajstić information content (AvgIpc) is 2.69. The lowest BCUT2D eigenvalue weighted by Crippen LogP contribution is -2.17. The minimum Gasteiger partial charge on any atom is -0.340 e. The van der Waals surface area contributed by atoms with Gasteiger partial charge in [-0.25, -0.2) is 9.37 Å². The Hall–Kier alpha value is -3.16. The van der Waals surface area contributed by atoms with Crippen LogP contribution in [0.2, 0.25) is 0 Å². The molecule has 1 N–H and O–H groups in total. The molecular formula is C21H20F4N4. The molecule has 0 atom stereocenters. The van der Waals surface area contributed by atoms with Gasteiger partial charge in [-0.1, -0.05) is 25.5 Å². The number of alkyl halides is 3. The van der Waals surface area contributed by atoms with Gasteiger partial charge in [0, 0.05) is 24.6 Å². The van der Waals surface area contributed by atoms with Crippen LogP contribution in [0.15, 0.2) is 54.7 Å². The fraction of sp³-hybridized carbons (Fsp3) is 0.238. The highest BCUT2D eigenvalue weighted by molar-refractivity contribution is 5.63. The number of hydrogen-bond acceptors (Lipinski definition) is 4. The van der Waals surface area contributed by atoms with Crippen LogP contribution in [0.4, 0.5) is 40.7 Å². The number of halogens is 4. The normalized spacial score (nSPS) is 11.4. The maximum absolute atomic E-state index is 13.4. The molecule has 0 aliphatic heterocycles. The first-order valence-corrected chi connectivity index (χ1v) is 9.07. The number of anilines is 4.